The summed E-state index contributed by atoms with van der Waals surface area (Å²) in [7, 11) is 0. The molecule has 0 aliphatic carbocycles. The van der Waals surface area contributed by atoms with Crippen molar-refractivity contribution in [3.8, 4) is 45.6 Å². The summed E-state index contributed by atoms with van der Waals surface area (Å²) < 4.78 is 0. The number of rotatable bonds is 0. The van der Waals surface area contributed by atoms with Gasteiger partial charge in [-0.15, -0.1) is 0 Å². The zero-order valence-corrected chi connectivity index (χ0v) is 21.9. The summed E-state index contributed by atoms with van der Waals surface area (Å²) >= 11 is 0. The lowest BCUT2D eigenvalue weighted by atomic mass is 10.1. The van der Waals surface area contributed by atoms with Gasteiger partial charge in [0.05, 0.1) is 0 Å². The summed E-state index contributed by atoms with van der Waals surface area (Å²) in [6.07, 6.45) is 0. The minimum atomic E-state index is 0.597. The van der Waals surface area contributed by atoms with Crippen LogP contribution in [0.5, 0.6) is 0 Å². The van der Waals surface area contributed by atoms with E-state index in [0.717, 1.165) is 43.8 Å². The smallest absolute Gasteiger partial charge is 0.181 e. The number of nitrogens with one attached hydrogen (secondary N) is 2. The molecule has 3 aromatic heterocycles. The van der Waals surface area contributed by atoms with Crippen LogP contribution in [-0.2, 0) is 0 Å². The Kier molecular flexibility index (Phi) is 5.14. The van der Waals surface area contributed by atoms with Crippen molar-refractivity contribution in [2.45, 2.75) is 0 Å². The second-order valence-electron chi connectivity index (χ2n) is 9.79. The maximum absolute atomic E-state index is 6.25. The predicted molar refractivity (Wildman–Crippen MR) is 161 cm³/mol. The molecule has 9 nitrogen and oxygen atoms in total. The first-order chi connectivity index (χ1) is 20.8. The van der Waals surface area contributed by atoms with Crippen LogP contribution in [0.1, 0.15) is 0 Å². The van der Waals surface area contributed by atoms with Gasteiger partial charge in [-0.1, -0.05) is 97.1 Å². The Bertz CT molecular complexity index is 2080. The molecule has 9 heteroatoms. The molecule has 0 fully saturated rings. The van der Waals surface area contributed by atoms with Gasteiger partial charge in [-0.05, 0) is 0 Å². The van der Waals surface area contributed by atoms with Crippen LogP contribution in [0.2, 0.25) is 0 Å². The van der Waals surface area contributed by atoms with Crippen LogP contribution in [0.4, 0.5) is 0 Å². The van der Waals surface area contributed by atoms with Crippen LogP contribution in [0.3, 0.4) is 0 Å². The van der Waals surface area contributed by atoms with Gasteiger partial charge in [0.25, 0.3) is 0 Å². The second-order valence-corrected chi connectivity index (χ2v) is 9.79. The number of fused-ring (bicyclic) bond motifs is 20. The molecule has 0 unspecified atom stereocenters. The van der Waals surface area contributed by atoms with Gasteiger partial charge < -0.3 is 9.97 Å². The number of nitrogens with zero attached hydrogens (tertiary/aromatic N) is 7. The molecule has 0 amide bonds. The molecule has 0 saturated carbocycles. The van der Waals surface area contributed by atoms with Crippen molar-refractivity contribution in [1.29, 1.82) is 5.26 Å². The van der Waals surface area contributed by atoms with Crippen LogP contribution in [0.25, 0.3) is 89.7 Å². The number of aromatic nitrogens is 8. The summed E-state index contributed by atoms with van der Waals surface area (Å²) in [6, 6.07) is 32.2. The van der Waals surface area contributed by atoms with Crippen molar-refractivity contribution in [2.75, 3.05) is 0 Å². The Morgan fingerprint density at radius 2 is 0.595 bits per heavy atom. The van der Waals surface area contributed by atoms with E-state index >= 15 is 0 Å². The predicted octanol–water partition coefficient (Wildman–Crippen LogP) is 6.97. The summed E-state index contributed by atoms with van der Waals surface area (Å²) in [4.78, 5) is 36.8. The first-order valence-electron chi connectivity index (χ1n) is 13.2. The number of hydrogen-bond donors (Lipinski definition) is 2. The van der Waals surface area contributed by atoms with Crippen LogP contribution < -0.4 is 0 Å². The monoisotopic (exact) mass is 540 g/mol. The maximum Gasteiger partial charge on any atom is 0.181 e. The van der Waals surface area contributed by atoms with Crippen molar-refractivity contribution in [3.05, 3.63) is 104 Å². The molecule has 5 heterocycles. The molecule has 9 rings (SSSR count). The summed E-state index contributed by atoms with van der Waals surface area (Å²) in [5.74, 6) is 2.39. The Labute approximate surface area is 238 Å². The topological polar surface area (TPSA) is 133 Å². The third-order valence-corrected chi connectivity index (χ3v) is 7.46. The number of benzene rings is 4. The van der Waals surface area contributed by atoms with E-state index in [4.69, 9.17) is 41.7 Å². The molecule has 42 heavy (non-hydrogen) atoms. The van der Waals surface area contributed by atoms with Gasteiger partial charge in [-0.2, -0.15) is 5.26 Å². The van der Waals surface area contributed by atoms with Crippen molar-refractivity contribution in [2.24, 2.45) is 0 Å². The zero-order chi connectivity index (χ0) is 28.2. The molecule has 2 N–H and O–H groups in total. The zero-order valence-electron chi connectivity index (χ0n) is 21.9. The fourth-order valence-corrected chi connectivity index (χ4v) is 5.59. The van der Waals surface area contributed by atoms with Gasteiger partial charge in [0.15, 0.2) is 29.9 Å². The standard InChI is InChI=1S/C32H18N8.CN/c1-2-10-18-17(9-1)25-33-26(18)38-28-21-13-5-6-14-22(21)30(35-28)40-32-24-16-8-7-15-23(24)31(36-32)39-29-20-12-4-3-11-19(20)27(34-29)37-25;1-2/h1-16H,(H2,33,34,35,36,37,38,39,40);. The van der Waals surface area contributed by atoms with Crippen LogP contribution in [0.15, 0.2) is 97.1 Å². The van der Waals surface area contributed by atoms with E-state index in [9.17, 15) is 0 Å². The summed E-state index contributed by atoms with van der Waals surface area (Å²) in [6.45, 7) is 4.75. The lowest BCUT2D eigenvalue weighted by Gasteiger charge is -1.96. The van der Waals surface area contributed by atoms with E-state index in [2.05, 4.69) is 9.97 Å². The van der Waals surface area contributed by atoms with Gasteiger partial charge >= 0.3 is 0 Å². The lowest BCUT2D eigenvalue weighted by molar-refractivity contribution is 1.19. The quantitative estimate of drug-likeness (QED) is 0.212. The van der Waals surface area contributed by atoms with Gasteiger partial charge in [-0.3, -0.25) is 0 Å². The molecule has 195 valence electrons. The molecule has 4 aromatic carbocycles. The highest BCUT2D eigenvalue weighted by Crippen LogP contribution is 2.36. The highest BCUT2D eigenvalue weighted by Gasteiger charge is 2.21. The Morgan fingerprint density at radius 3 is 0.857 bits per heavy atom. The van der Waals surface area contributed by atoms with Gasteiger partial charge in [0.1, 0.15) is 22.6 Å². The first-order valence-corrected chi connectivity index (χ1v) is 13.2. The largest absolute Gasteiger partial charge is 0.324 e. The van der Waals surface area contributed by atoms with E-state index in [-0.39, 0.29) is 0 Å². The van der Waals surface area contributed by atoms with Crippen molar-refractivity contribution < 1.29 is 0 Å². The van der Waals surface area contributed by atoms with Crippen LogP contribution in [-0.4, -0.2) is 39.9 Å². The first kappa shape index (κ1) is 23.6. The SMILES string of the molecule is [C]#N.c1ccc2c(c1)-c1nc-2nc2[nH]c(nc3nc(nc4[nH]c(n1)c1ccccc41)-c1ccccc1-3)c1ccccc21. The van der Waals surface area contributed by atoms with Crippen molar-refractivity contribution in [3.63, 3.8) is 0 Å². The molecular weight excluding hydrogens is 522 g/mol. The summed E-state index contributed by atoms with van der Waals surface area (Å²) in [5, 5.41) is 10.1. The second kappa shape index (κ2) is 9.15. The van der Waals surface area contributed by atoms with Gasteiger partial charge in [0, 0.05) is 43.8 Å². The average molecular weight is 541 g/mol. The maximum atomic E-state index is 6.25. The molecule has 2 aliphatic heterocycles. The molecule has 7 aromatic rings. The van der Waals surface area contributed by atoms with Crippen molar-refractivity contribution in [1.82, 2.24) is 39.9 Å². The fourth-order valence-electron chi connectivity index (χ4n) is 5.59. The molecule has 1 radical (unpaired) electrons. The Morgan fingerprint density at radius 1 is 0.357 bits per heavy atom. The van der Waals surface area contributed by atoms with Crippen molar-refractivity contribution >= 4 is 44.1 Å². The minimum absolute atomic E-state index is 0.597. The highest BCUT2D eigenvalue weighted by atomic mass is 15.1. The van der Waals surface area contributed by atoms with Crippen LogP contribution in [0, 0.1) is 11.8 Å². The molecule has 2 aliphatic rings. The van der Waals surface area contributed by atoms with Crippen LogP contribution >= 0.6 is 0 Å². The Balaban J connectivity index is 0.00000131. The van der Waals surface area contributed by atoms with E-state index in [1.165, 1.54) is 0 Å². The molecular formula is C33H18N9. The molecule has 8 bridgehead atoms. The third-order valence-electron chi connectivity index (χ3n) is 7.46. The highest BCUT2D eigenvalue weighted by molar-refractivity contribution is 6.06. The van der Waals surface area contributed by atoms with E-state index in [1.807, 2.05) is 97.1 Å². The third kappa shape index (κ3) is 3.49. The van der Waals surface area contributed by atoms with Gasteiger partial charge in [-0.25, -0.2) is 29.9 Å². The molecule has 0 atom stereocenters. The number of H-pyrrole nitrogens is 2. The fraction of sp³-hybridized carbons (Fsp3) is 0. The number of hydrogen-bond acceptors (Lipinski definition) is 7. The summed E-state index contributed by atoms with van der Waals surface area (Å²) in [5.41, 5.74) is 6.45. The van der Waals surface area contributed by atoms with E-state index in [0.29, 0.717) is 45.9 Å². The van der Waals surface area contributed by atoms with Gasteiger partial charge in [0.2, 0.25) is 0 Å². The lowest BCUT2D eigenvalue weighted by Crippen LogP contribution is -1.82. The van der Waals surface area contributed by atoms with E-state index in [1.54, 1.807) is 0 Å². The molecule has 0 spiro atoms. The average Bonchev–Trinajstić information content (AvgIpc) is 3.78. The van der Waals surface area contributed by atoms with E-state index < -0.39 is 0 Å². The number of aromatic amines is 2. The Hall–Kier alpha value is -6.27. The minimum Gasteiger partial charge on any atom is -0.324 e. The normalized spacial score (nSPS) is 11.5. The molecule has 0 saturated heterocycles.